The summed E-state index contributed by atoms with van der Waals surface area (Å²) in [5, 5.41) is 15.4. The van der Waals surface area contributed by atoms with Crippen LogP contribution >= 0.6 is 0 Å². The first-order valence-corrected chi connectivity index (χ1v) is 11.3. The third-order valence-corrected chi connectivity index (χ3v) is 5.00. The number of carbonyl (C=O) groups excluding carboxylic acids is 2. The van der Waals surface area contributed by atoms with Gasteiger partial charge in [-0.1, -0.05) is 13.0 Å². The Labute approximate surface area is 199 Å². The lowest BCUT2D eigenvalue weighted by molar-refractivity contribution is -0.117. The molecular weight excluding hydrogens is 432 g/mol. The smallest absolute Gasteiger partial charge is 0.260 e. The summed E-state index contributed by atoms with van der Waals surface area (Å²) >= 11 is 0. The molecule has 0 spiro atoms. The van der Waals surface area contributed by atoms with Crippen LogP contribution in [0.15, 0.2) is 65.2 Å². The maximum absolute atomic E-state index is 13.0. The van der Waals surface area contributed by atoms with Gasteiger partial charge in [0.25, 0.3) is 5.91 Å². The van der Waals surface area contributed by atoms with Crippen LogP contribution in [0.3, 0.4) is 0 Å². The fraction of sp³-hybridized carbons (Fsp3) is 0.333. The monoisotopic (exact) mass is 464 g/mol. The Morgan fingerprint density at radius 2 is 1.85 bits per heavy atom. The highest BCUT2D eigenvalue weighted by atomic mass is 16.2. The van der Waals surface area contributed by atoms with E-state index in [-0.39, 0.29) is 18.1 Å². The van der Waals surface area contributed by atoms with Crippen LogP contribution in [-0.2, 0) is 16.0 Å². The van der Waals surface area contributed by atoms with E-state index in [1.165, 1.54) is 5.56 Å². The molecule has 2 aromatic rings. The second-order valence-corrected chi connectivity index (χ2v) is 7.91. The molecule has 34 heavy (non-hydrogen) atoms. The van der Waals surface area contributed by atoms with Crippen molar-refractivity contribution in [3.05, 3.63) is 65.7 Å². The van der Waals surface area contributed by atoms with Crippen LogP contribution in [0, 0.1) is 0 Å². The quantitative estimate of drug-likeness (QED) is 0.294. The summed E-state index contributed by atoms with van der Waals surface area (Å²) in [6.07, 6.45) is 6.49. The van der Waals surface area contributed by atoms with Crippen LogP contribution in [0.4, 0.5) is 11.4 Å². The topological polar surface area (TPSA) is 146 Å². The molecule has 1 aliphatic rings. The molecule has 2 heterocycles. The molecular formula is C24H32N8O2. The van der Waals surface area contributed by atoms with Crippen molar-refractivity contribution in [2.45, 2.75) is 39.0 Å². The minimum absolute atomic E-state index is 0.302. The first kappa shape index (κ1) is 24.9. The van der Waals surface area contributed by atoms with Gasteiger partial charge >= 0.3 is 0 Å². The zero-order valence-corrected chi connectivity index (χ0v) is 19.5. The Kier molecular flexibility index (Phi) is 9.12. The van der Waals surface area contributed by atoms with Crippen molar-refractivity contribution in [1.82, 2.24) is 20.9 Å². The number of nitrogens with two attached hydrogens (primary N) is 1. The van der Waals surface area contributed by atoms with Gasteiger partial charge in [-0.15, -0.1) is 0 Å². The van der Waals surface area contributed by atoms with Gasteiger partial charge in [-0.3, -0.25) is 24.9 Å². The number of hydrogen-bond acceptors (Lipinski definition) is 8. The van der Waals surface area contributed by atoms with Crippen molar-refractivity contribution in [2.24, 2.45) is 10.7 Å². The van der Waals surface area contributed by atoms with Crippen molar-refractivity contribution in [1.29, 1.82) is 0 Å². The molecule has 2 atom stereocenters. The molecule has 10 heteroatoms. The van der Waals surface area contributed by atoms with E-state index in [1.54, 1.807) is 49.8 Å². The van der Waals surface area contributed by atoms with E-state index < -0.39 is 6.04 Å². The molecule has 0 saturated heterocycles. The molecule has 0 fully saturated rings. The van der Waals surface area contributed by atoms with Crippen molar-refractivity contribution in [3.63, 3.8) is 0 Å². The highest BCUT2D eigenvalue weighted by Crippen LogP contribution is 2.17. The third-order valence-electron chi connectivity index (χ3n) is 5.00. The van der Waals surface area contributed by atoms with Crippen LogP contribution in [0.5, 0.6) is 0 Å². The van der Waals surface area contributed by atoms with Gasteiger partial charge in [0.1, 0.15) is 5.82 Å². The lowest BCUT2D eigenvalue weighted by Crippen LogP contribution is -2.48. The standard InChI is InChI=1S/C24H32N8O2/c1-3-10-27-21-20(15-29-24(32-21)28-13-9-17-7-11-26-12-8-17)23(34)31-19-6-4-5-18(14-19)30-22(33)16(2)25/h4-8,11-12,14-16,24,27-28,32H,3,9-10,13,25H2,1-2H3,(H,30,33)(H,31,34)/t16-,24?/m0/s1. The number of hydrogen-bond donors (Lipinski definition) is 6. The molecule has 0 saturated carbocycles. The maximum atomic E-state index is 13.0. The summed E-state index contributed by atoms with van der Waals surface area (Å²) in [6, 6.07) is 10.2. The summed E-state index contributed by atoms with van der Waals surface area (Å²) in [7, 11) is 0. The Morgan fingerprint density at radius 1 is 1.12 bits per heavy atom. The molecule has 0 bridgehead atoms. The molecule has 1 aliphatic heterocycles. The highest BCUT2D eigenvalue weighted by molar-refractivity contribution is 6.18. The average molecular weight is 465 g/mol. The van der Waals surface area contributed by atoms with E-state index in [4.69, 9.17) is 5.73 Å². The number of carbonyl (C=O) groups is 2. The average Bonchev–Trinajstić information content (AvgIpc) is 2.83. The maximum Gasteiger partial charge on any atom is 0.260 e. The number of anilines is 2. The van der Waals surface area contributed by atoms with Gasteiger partial charge in [-0.2, -0.15) is 0 Å². The van der Waals surface area contributed by atoms with E-state index in [1.807, 2.05) is 12.1 Å². The van der Waals surface area contributed by atoms with Crippen LogP contribution in [-0.4, -0.2) is 48.4 Å². The number of aliphatic imine (C=N–C) groups is 1. The Hall–Kier alpha value is -3.76. The predicted octanol–water partition coefficient (Wildman–Crippen LogP) is 1.31. The van der Waals surface area contributed by atoms with Gasteiger partial charge < -0.3 is 27.0 Å². The molecule has 0 aliphatic carbocycles. The first-order valence-electron chi connectivity index (χ1n) is 11.3. The summed E-state index contributed by atoms with van der Waals surface area (Å²) in [5.41, 5.74) is 8.27. The normalized spacial score (nSPS) is 15.9. The van der Waals surface area contributed by atoms with Crippen LogP contribution < -0.4 is 32.3 Å². The molecule has 180 valence electrons. The zero-order valence-electron chi connectivity index (χ0n) is 19.5. The van der Waals surface area contributed by atoms with Crippen molar-refractivity contribution in [2.75, 3.05) is 23.7 Å². The van der Waals surface area contributed by atoms with Crippen molar-refractivity contribution < 1.29 is 9.59 Å². The van der Waals surface area contributed by atoms with Crippen LogP contribution in [0.1, 0.15) is 25.8 Å². The van der Waals surface area contributed by atoms with Gasteiger partial charge in [0.05, 0.1) is 11.6 Å². The summed E-state index contributed by atoms with van der Waals surface area (Å²) < 4.78 is 0. The molecule has 7 N–H and O–H groups in total. The van der Waals surface area contributed by atoms with Gasteiger partial charge in [0.15, 0.2) is 6.29 Å². The van der Waals surface area contributed by atoms with E-state index in [0.717, 1.165) is 12.8 Å². The van der Waals surface area contributed by atoms with Crippen molar-refractivity contribution in [3.8, 4) is 0 Å². The largest absolute Gasteiger partial charge is 0.371 e. The summed E-state index contributed by atoms with van der Waals surface area (Å²) in [5.74, 6) is -0.0127. The predicted molar refractivity (Wildman–Crippen MR) is 134 cm³/mol. The second kappa shape index (κ2) is 12.5. The first-order chi connectivity index (χ1) is 16.5. The lowest BCUT2D eigenvalue weighted by Gasteiger charge is -2.25. The fourth-order valence-electron chi connectivity index (χ4n) is 3.17. The van der Waals surface area contributed by atoms with Gasteiger partial charge in [-0.05, 0) is 55.7 Å². The zero-order chi connectivity index (χ0) is 24.3. The molecule has 0 radical (unpaired) electrons. The Bertz CT molecular complexity index is 1040. The second-order valence-electron chi connectivity index (χ2n) is 7.91. The molecule has 2 amide bonds. The minimum Gasteiger partial charge on any atom is -0.371 e. The number of nitrogens with one attached hydrogen (secondary N) is 5. The fourth-order valence-corrected chi connectivity index (χ4v) is 3.17. The third kappa shape index (κ3) is 7.39. The van der Waals surface area contributed by atoms with E-state index in [0.29, 0.717) is 35.9 Å². The highest BCUT2D eigenvalue weighted by Gasteiger charge is 2.21. The van der Waals surface area contributed by atoms with Crippen LogP contribution in [0.2, 0.25) is 0 Å². The SMILES string of the molecule is CCCNC1=C(C(=O)Nc2cccc(NC(=O)[C@H](C)N)c2)C=NC(NCCc2ccncc2)N1. The van der Waals surface area contributed by atoms with Crippen LogP contribution in [0.25, 0.3) is 0 Å². The van der Waals surface area contributed by atoms with Crippen molar-refractivity contribution >= 4 is 29.4 Å². The van der Waals surface area contributed by atoms with Gasteiger partial charge in [-0.25, -0.2) is 0 Å². The molecule has 3 rings (SSSR count). The molecule has 1 aromatic carbocycles. The number of pyridine rings is 1. The number of nitrogens with zero attached hydrogens (tertiary/aromatic N) is 2. The van der Waals surface area contributed by atoms with E-state index >= 15 is 0 Å². The summed E-state index contributed by atoms with van der Waals surface area (Å²) in [4.78, 5) is 33.3. The Balaban J connectivity index is 1.63. The number of benzene rings is 1. The molecule has 1 unspecified atom stereocenters. The number of amides is 2. The summed E-state index contributed by atoms with van der Waals surface area (Å²) in [6.45, 7) is 5.07. The lowest BCUT2D eigenvalue weighted by atomic mass is 10.2. The van der Waals surface area contributed by atoms with Gasteiger partial charge in [0, 0.05) is 43.1 Å². The minimum atomic E-state index is -0.633. The van der Waals surface area contributed by atoms with E-state index in [2.05, 4.69) is 43.5 Å². The van der Waals surface area contributed by atoms with Gasteiger partial charge in [0.2, 0.25) is 5.91 Å². The number of rotatable bonds is 11. The molecule has 10 nitrogen and oxygen atoms in total. The van der Waals surface area contributed by atoms with E-state index in [9.17, 15) is 9.59 Å². The number of aromatic nitrogens is 1. The molecule has 1 aromatic heterocycles. The Morgan fingerprint density at radius 3 is 2.56 bits per heavy atom.